The van der Waals surface area contributed by atoms with E-state index in [1.807, 2.05) is 11.3 Å². The summed E-state index contributed by atoms with van der Waals surface area (Å²) in [6, 6.07) is 44.7. The molecule has 0 atom stereocenters. The number of rotatable bonds is 4. The SMILES string of the molecule is Cc1ccc(-c2c3nc(c(-c4ccc(C(C)(C)C)cc4)c4ccc(s4)c(-c4ccc(C(C)(C)C)cc4)c4nc(c(-c5ccc(C)cc5)c5ccc2[nH]5)C=C4)C=C3)cc1. The maximum atomic E-state index is 5.51. The normalized spacial score (nSPS) is 12.7. The van der Waals surface area contributed by atoms with Crippen molar-refractivity contribution in [1.82, 2.24) is 15.0 Å². The van der Waals surface area contributed by atoms with Gasteiger partial charge in [0.1, 0.15) is 0 Å². The fourth-order valence-corrected chi connectivity index (χ4v) is 9.16. The molecule has 0 spiro atoms. The molecule has 2 aliphatic heterocycles. The van der Waals surface area contributed by atoms with Crippen LogP contribution in [0.3, 0.4) is 0 Å². The molecule has 4 aromatic carbocycles. The molecule has 286 valence electrons. The second kappa shape index (κ2) is 14.4. The third-order valence-corrected chi connectivity index (χ3v) is 12.5. The molecular weight excluding hydrogens is 723 g/mol. The second-order valence-corrected chi connectivity index (χ2v) is 18.9. The number of fused-ring (bicyclic) bond motifs is 8. The molecule has 58 heavy (non-hydrogen) atoms. The van der Waals surface area contributed by atoms with Crippen molar-refractivity contribution in [2.75, 3.05) is 0 Å². The maximum absolute atomic E-state index is 5.51. The quantitative estimate of drug-likeness (QED) is 0.194. The number of benzene rings is 4. The number of aromatic nitrogens is 3. The summed E-state index contributed by atoms with van der Waals surface area (Å²) < 4.78 is 2.33. The van der Waals surface area contributed by atoms with Crippen LogP contribution in [0.2, 0.25) is 0 Å². The van der Waals surface area contributed by atoms with Crippen LogP contribution >= 0.6 is 11.3 Å². The predicted molar refractivity (Wildman–Crippen MR) is 251 cm³/mol. The molecule has 0 saturated heterocycles. The number of aryl methyl sites for hydroxylation is 2. The first-order valence-corrected chi connectivity index (χ1v) is 21.0. The van der Waals surface area contributed by atoms with E-state index in [-0.39, 0.29) is 10.8 Å². The topological polar surface area (TPSA) is 41.6 Å². The molecule has 7 aromatic rings. The van der Waals surface area contributed by atoms with Crippen molar-refractivity contribution < 1.29 is 0 Å². The van der Waals surface area contributed by atoms with Crippen molar-refractivity contribution in [3.05, 3.63) is 166 Å². The Bertz CT molecular complexity index is 2720. The summed E-state index contributed by atoms with van der Waals surface area (Å²) in [5.74, 6) is 0. The van der Waals surface area contributed by atoms with Crippen LogP contribution in [0.5, 0.6) is 0 Å². The van der Waals surface area contributed by atoms with Crippen LogP contribution in [0.4, 0.5) is 0 Å². The lowest BCUT2D eigenvalue weighted by atomic mass is 9.86. The predicted octanol–water partition coefficient (Wildman–Crippen LogP) is 15.3. The number of nitrogens with one attached hydrogen (secondary N) is 1. The van der Waals surface area contributed by atoms with Gasteiger partial charge in [-0.15, -0.1) is 11.3 Å². The number of thiophene rings is 1. The van der Waals surface area contributed by atoms with Gasteiger partial charge in [-0.3, -0.25) is 0 Å². The van der Waals surface area contributed by atoms with Gasteiger partial charge in [0.2, 0.25) is 0 Å². The molecule has 3 aromatic heterocycles. The summed E-state index contributed by atoms with van der Waals surface area (Å²) >= 11 is 1.81. The molecule has 0 amide bonds. The molecular formula is C54H49N3S. The molecule has 4 heteroatoms. The Kier molecular flexibility index (Phi) is 9.29. The van der Waals surface area contributed by atoms with Gasteiger partial charge >= 0.3 is 0 Å². The molecule has 8 bridgehead atoms. The first kappa shape index (κ1) is 37.5. The molecule has 5 heterocycles. The van der Waals surface area contributed by atoms with Crippen molar-refractivity contribution in [3.63, 3.8) is 0 Å². The smallest absolute Gasteiger partial charge is 0.0737 e. The van der Waals surface area contributed by atoms with E-state index in [9.17, 15) is 0 Å². The Morgan fingerprint density at radius 2 is 0.690 bits per heavy atom. The van der Waals surface area contributed by atoms with Crippen molar-refractivity contribution in [2.24, 2.45) is 0 Å². The van der Waals surface area contributed by atoms with Gasteiger partial charge in [0.15, 0.2) is 0 Å². The van der Waals surface area contributed by atoms with E-state index in [1.54, 1.807) is 0 Å². The zero-order valence-corrected chi connectivity index (χ0v) is 35.5. The minimum absolute atomic E-state index is 0.0485. The van der Waals surface area contributed by atoms with Crippen molar-refractivity contribution in [1.29, 1.82) is 0 Å². The lowest BCUT2D eigenvalue weighted by Crippen LogP contribution is -2.10. The van der Waals surface area contributed by atoms with E-state index < -0.39 is 0 Å². The van der Waals surface area contributed by atoms with Crippen LogP contribution in [0.15, 0.2) is 121 Å². The van der Waals surface area contributed by atoms with E-state index in [4.69, 9.17) is 9.97 Å². The van der Waals surface area contributed by atoms with Crippen molar-refractivity contribution >= 4 is 56.1 Å². The summed E-state index contributed by atoms with van der Waals surface area (Å²) in [5.41, 5.74) is 19.8. The van der Waals surface area contributed by atoms with E-state index in [0.29, 0.717) is 0 Å². The largest absolute Gasteiger partial charge is 0.354 e. The summed E-state index contributed by atoms with van der Waals surface area (Å²) in [4.78, 5) is 14.9. The van der Waals surface area contributed by atoms with Gasteiger partial charge in [-0.1, -0.05) is 150 Å². The maximum Gasteiger partial charge on any atom is 0.0737 e. The molecule has 9 rings (SSSR count). The van der Waals surface area contributed by atoms with Crippen LogP contribution < -0.4 is 0 Å². The minimum Gasteiger partial charge on any atom is -0.354 e. The highest BCUT2D eigenvalue weighted by Gasteiger charge is 2.21. The standard InChI is InChI=1S/C54H49N3S/c1-33-9-13-35(14-10-33)49-41-25-26-42(55-41)50(36-15-11-34(2)12-16-36)44-28-30-46(57-44)52(38-19-23-40(24-20-38)54(6,7)8)48-32-31-47(58-48)51(45-29-27-43(49)56-45)37-17-21-39(22-18-37)53(3,4)5/h9-32,55H,1-8H3. The Hall–Kier alpha value is -6.10. The summed E-state index contributed by atoms with van der Waals surface area (Å²) in [6.07, 6.45) is 8.76. The highest BCUT2D eigenvalue weighted by atomic mass is 32.1. The van der Waals surface area contributed by atoms with Gasteiger partial charge in [0.05, 0.1) is 22.8 Å². The summed E-state index contributed by atoms with van der Waals surface area (Å²) in [6.45, 7) is 17.9. The third-order valence-electron chi connectivity index (χ3n) is 11.4. The lowest BCUT2D eigenvalue weighted by molar-refractivity contribution is 0.590. The fourth-order valence-electron chi connectivity index (χ4n) is 8.00. The number of hydrogen-bond acceptors (Lipinski definition) is 3. The molecule has 0 radical (unpaired) electrons. The highest BCUT2D eigenvalue weighted by Crippen LogP contribution is 2.42. The molecule has 0 fully saturated rings. The van der Waals surface area contributed by atoms with Crippen LogP contribution in [0.25, 0.3) is 89.2 Å². The average molecular weight is 772 g/mol. The number of aromatic amines is 1. The van der Waals surface area contributed by atoms with Gasteiger partial charge < -0.3 is 4.98 Å². The average Bonchev–Trinajstić information content (AvgIpc) is 4.04. The number of nitrogens with zero attached hydrogens (tertiary/aromatic N) is 2. The molecule has 0 saturated carbocycles. The Morgan fingerprint density at radius 3 is 1.03 bits per heavy atom. The number of hydrogen-bond donors (Lipinski definition) is 1. The Balaban J connectivity index is 1.43. The first-order valence-electron chi connectivity index (χ1n) is 20.2. The van der Waals surface area contributed by atoms with Crippen molar-refractivity contribution in [3.8, 4) is 44.5 Å². The lowest BCUT2D eigenvalue weighted by Gasteiger charge is -2.19. The van der Waals surface area contributed by atoms with E-state index in [2.05, 4.69) is 206 Å². The van der Waals surface area contributed by atoms with Gasteiger partial charge in [0.25, 0.3) is 0 Å². The fraction of sp³-hybridized carbons (Fsp3) is 0.185. The van der Waals surface area contributed by atoms with Gasteiger partial charge in [-0.25, -0.2) is 9.97 Å². The van der Waals surface area contributed by atoms with Gasteiger partial charge in [0, 0.05) is 42.7 Å². The molecule has 1 N–H and O–H groups in total. The van der Waals surface area contributed by atoms with Crippen LogP contribution in [-0.4, -0.2) is 15.0 Å². The summed E-state index contributed by atoms with van der Waals surface area (Å²) in [7, 11) is 0. The Morgan fingerprint density at radius 1 is 0.379 bits per heavy atom. The van der Waals surface area contributed by atoms with Crippen molar-refractivity contribution in [2.45, 2.75) is 66.2 Å². The van der Waals surface area contributed by atoms with E-state index in [1.165, 1.54) is 22.3 Å². The zero-order valence-electron chi connectivity index (χ0n) is 34.7. The monoisotopic (exact) mass is 771 g/mol. The molecule has 0 unspecified atom stereocenters. The zero-order chi connectivity index (χ0) is 40.3. The second-order valence-electron chi connectivity index (χ2n) is 17.8. The summed E-state index contributed by atoms with van der Waals surface area (Å²) in [5, 5.41) is 0. The van der Waals surface area contributed by atoms with Gasteiger partial charge in [-0.2, -0.15) is 0 Å². The number of H-pyrrole nitrogens is 1. The Labute approximate surface area is 346 Å². The molecule has 2 aliphatic rings. The van der Waals surface area contributed by atoms with Gasteiger partial charge in [-0.05, 0) is 107 Å². The molecule has 0 aliphatic carbocycles. The first-order chi connectivity index (χ1) is 27.8. The van der Waals surface area contributed by atoms with Crippen LogP contribution in [0.1, 0.15) is 86.6 Å². The molecule has 3 nitrogen and oxygen atoms in total. The highest BCUT2D eigenvalue weighted by molar-refractivity contribution is 7.24. The van der Waals surface area contributed by atoms with Crippen LogP contribution in [-0.2, 0) is 10.8 Å². The third kappa shape index (κ3) is 7.07. The van der Waals surface area contributed by atoms with Crippen LogP contribution in [0, 0.1) is 13.8 Å². The minimum atomic E-state index is 0.0485. The van der Waals surface area contributed by atoms with E-state index >= 15 is 0 Å². The van der Waals surface area contributed by atoms with E-state index in [0.717, 1.165) is 87.7 Å².